The highest BCUT2D eigenvalue weighted by Crippen LogP contribution is 2.28. The smallest absolute Gasteiger partial charge is 0.271 e. The topological polar surface area (TPSA) is 96.0 Å². The van der Waals surface area contributed by atoms with E-state index >= 15 is 0 Å². The number of para-hydroxylation sites is 1. The monoisotopic (exact) mass is 293 g/mol. The van der Waals surface area contributed by atoms with E-state index in [1.165, 1.54) is 12.1 Å². The first-order valence-electron chi connectivity index (χ1n) is 5.32. The molecule has 2 aromatic rings. The lowest BCUT2D eigenvalue weighted by atomic mass is 10.2. The van der Waals surface area contributed by atoms with Gasteiger partial charge in [0.15, 0.2) is 0 Å². The molecule has 19 heavy (non-hydrogen) atoms. The van der Waals surface area contributed by atoms with Crippen LogP contribution < -0.4 is 10.5 Å². The number of nitrogens with two attached hydrogens (primary N) is 1. The van der Waals surface area contributed by atoms with Crippen molar-refractivity contribution in [3.8, 4) is 6.07 Å². The number of aryl methyl sites for hydroxylation is 1. The van der Waals surface area contributed by atoms with E-state index in [0.717, 1.165) is 16.9 Å². The van der Waals surface area contributed by atoms with Crippen molar-refractivity contribution in [2.45, 2.75) is 11.1 Å². The molecular formula is C12H11N3O2S2. The van der Waals surface area contributed by atoms with Gasteiger partial charge in [0.05, 0.1) is 11.4 Å². The quantitative estimate of drug-likeness (QED) is 0.849. The summed E-state index contributed by atoms with van der Waals surface area (Å²) < 4.78 is 26.9. The van der Waals surface area contributed by atoms with Gasteiger partial charge in [0, 0.05) is 0 Å². The average Bonchev–Trinajstić information content (AvgIpc) is 2.83. The Labute approximate surface area is 115 Å². The standard InChI is InChI=1S/C12H11N3O2S2/c1-8-3-2-4-10(14)12(8)15-19(16,17)11-6-5-9(7-13)18-11/h2-6,15H,14H2,1H3. The van der Waals surface area contributed by atoms with Crippen LogP contribution in [0.15, 0.2) is 34.5 Å². The Morgan fingerprint density at radius 2 is 2.05 bits per heavy atom. The summed E-state index contributed by atoms with van der Waals surface area (Å²) in [6.07, 6.45) is 0. The summed E-state index contributed by atoms with van der Waals surface area (Å²) in [5.41, 5.74) is 7.23. The number of nitriles is 1. The van der Waals surface area contributed by atoms with E-state index in [1.807, 2.05) is 6.07 Å². The number of nitrogen functional groups attached to an aromatic ring is 1. The lowest BCUT2D eigenvalue weighted by Crippen LogP contribution is -2.13. The summed E-state index contributed by atoms with van der Waals surface area (Å²) in [6, 6.07) is 9.93. The van der Waals surface area contributed by atoms with Crippen molar-refractivity contribution in [2.75, 3.05) is 10.5 Å². The van der Waals surface area contributed by atoms with Crippen LogP contribution in [0, 0.1) is 18.3 Å². The van der Waals surface area contributed by atoms with E-state index in [0.29, 0.717) is 16.3 Å². The first-order chi connectivity index (χ1) is 8.94. The maximum Gasteiger partial charge on any atom is 0.271 e. The Morgan fingerprint density at radius 1 is 1.32 bits per heavy atom. The SMILES string of the molecule is Cc1cccc(N)c1NS(=O)(=O)c1ccc(C#N)s1. The lowest BCUT2D eigenvalue weighted by Gasteiger charge is -2.11. The molecule has 7 heteroatoms. The van der Waals surface area contributed by atoms with Crippen molar-refractivity contribution < 1.29 is 8.42 Å². The molecule has 0 saturated heterocycles. The summed E-state index contributed by atoms with van der Waals surface area (Å²) >= 11 is 0.918. The molecule has 0 radical (unpaired) electrons. The van der Waals surface area contributed by atoms with Crippen molar-refractivity contribution in [3.63, 3.8) is 0 Å². The molecule has 1 aromatic heterocycles. The van der Waals surface area contributed by atoms with Crippen LogP contribution in [-0.4, -0.2) is 8.42 Å². The average molecular weight is 293 g/mol. The van der Waals surface area contributed by atoms with Gasteiger partial charge in [-0.25, -0.2) is 8.42 Å². The van der Waals surface area contributed by atoms with Crippen molar-refractivity contribution in [1.82, 2.24) is 0 Å². The number of benzene rings is 1. The molecule has 2 rings (SSSR count). The van der Waals surface area contributed by atoms with E-state index in [4.69, 9.17) is 11.0 Å². The van der Waals surface area contributed by atoms with Crippen molar-refractivity contribution >= 4 is 32.7 Å². The van der Waals surface area contributed by atoms with E-state index in [2.05, 4.69) is 4.72 Å². The minimum Gasteiger partial charge on any atom is -0.397 e. The van der Waals surface area contributed by atoms with Gasteiger partial charge in [-0.3, -0.25) is 4.72 Å². The van der Waals surface area contributed by atoms with E-state index in [1.54, 1.807) is 25.1 Å². The van der Waals surface area contributed by atoms with Crippen LogP contribution in [0.1, 0.15) is 10.4 Å². The maximum atomic E-state index is 12.2. The van der Waals surface area contributed by atoms with Gasteiger partial charge >= 0.3 is 0 Å². The second-order valence-electron chi connectivity index (χ2n) is 3.88. The van der Waals surface area contributed by atoms with Crippen LogP contribution in [0.5, 0.6) is 0 Å². The van der Waals surface area contributed by atoms with Crippen LogP contribution in [-0.2, 0) is 10.0 Å². The number of thiophene rings is 1. The van der Waals surface area contributed by atoms with Crippen molar-refractivity contribution in [1.29, 1.82) is 5.26 Å². The van der Waals surface area contributed by atoms with Gasteiger partial charge in [-0.2, -0.15) is 5.26 Å². The Bertz CT molecular complexity index is 737. The summed E-state index contributed by atoms with van der Waals surface area (Å²) in [6.45, 7) is 1.77. The highest BCUT2D eigenvalue weighted by molar-refractivity contribution is 7.94. The number of sulfonamides is 1. The van der Waals surface area contributed by atoms with Gasteiger partial charge in [-0.15, -0.1) is 11.3 Å². The number of nitrogens with zero attached hydrogens (tertiary/aromatic N) is 1. The summed E-state index contributed by atoms with van der Waals surface area (Å²) in [7, 11) is -3.71. The molecule has 0 spiro atoms. The maximum absolute atomic E-state index is 12.2. The van der Waals surface area contributed by atoms with Gasteiger partial charge in [-0.05, 0) is 30.7 Å². The minimum atomic E-state index is -3.71. The molecule has 0 fully saturated rings. The summed E-state index contributed by atoms with van der Waals surface area (Å²) in [4.78, 5) is 0.345. The van der Waals surface area contributed by atoms with Gasteiger partial charge < -0.3 is 5.73 Å². The highest BCUT2D eigenvalue weighted by atomic mass is 32.2. The highest BCUT2D eigenvalue weighted by Gasteiger charge is 2.19. The zero-order valence-electron chi connectivity index (χ0n) is 10.0. The fourth-order valence-electron chi connectivity index (χ4n) is 1.54. The first kappa shape index (κ1) is 13.4. The van der Waals surface area contributed by atoms with Gasteiger partial charge in [0.2, 0.25) is 0 Å². The third kappa shape index (κ3) is 2.70. The van der Waals surface area contributed by atoms with E-state index in [-0.39, 0.29) is 4.21 Å². The molecule has 98 valence electrons. The number of hydrogen-bond acceptors (Lipinski definition) is 5. The Balaban J connectivity index is 2.40. The molecule has 3 N–H and O–H groups in total. The van der Waals surface area contributed by atoms with Crippen LogP contribution in [0.25, 0.3) is 0 Å². The minimum absolute atomic E-state index is 0.0895. The van der Waals surface area contributed by atoms with Gasteiger partial charge in [-0.1, -0.05) is 12.1 Å². The van der Waals surface area contributed by atoms with E-state index in [9.17, 15) is 8.42 Å². The molecule has 0 aliphatic heterocycles. The van der Waals surface area contributed by atoms with E-state index < -0.39 is 10.0 Å². The Morgan fingerprint density at radius 3 is 2.63 bits per heavy atom. The fourth-order valence-corrected chi connectivity index (χ4v) is 3.80. The third-order valence-electron chi connectivity index (χ3n) is 2.50. The molecule has 1 aromatic carbocycles. The molecule has 0 bridgehead atoms. The molecule has 0 amide bonds. The van der Waals surface area contributed by atoms with Crippen LogP contribution in [0.2, 0.25) is 0 Å². The third-order valence-corrected chi connectivity index (χ3v) is 5.33. The zero-order chi connectivity index (χ0) is 14.0. The van der Waals surface area contributed by atoms with Gasteiger partial charge in [0.1, 0.15) is 15.2 Å². The number of hydrogen-bond donors (Lipinski definition) is 2. The fraction of sp³-hybridized carbons (Fsp3) is 0.0833. The zero-order valence-corrected chi connectivity index (χ0v) is 11.7. The number of rotatable bonds is 3. The summed E-state index contributed by atoms with van der Waals surface area (Å²) in [5, 5.41) is 8.72. The molecule has 1 heterocycles. The number of anilines is 2. The molecule has 0 atom stereocenters. The lowest BCUT2D eigenvalue weighted by molar-refractivity contribution is 0.603. The molecule has 0 aliphatic carbocycles. The molecule has 0 unspecified atom stereocenters. The van der Waals surface area contributed by atoms with Crippen molar-refractivity contribution in [2.24, 2.45) is 0 Å². The second-order valence-corrected chi connectivity index (χ2v) is 6.87. The molecule has 0 saturated carbocycles. The second kappa shape index (κ2) is 4.91. The Hall–Kier alpha value is -2.04. The predicted molar refractivity (Wildman–Crippen MR) is 75.4 cm³/mol. The van der Waals surface area contributed by atoms with Crippen LogP contribution in [0.4, 0.5) is 11.4 Å². The number of nitrogens with one attached hydrogen (secondary N) is 1. The van der Waals surface area contributed by atoms with Crippen molar-refractivity contribution in [3.05, 3.63) is 40.8 Å². The molecular weight excluding hydrogens is 282 g/mol. The molecule has 0 aliphatic rings. The first-order valence-corrected chi connectivity index (χ1v) is 7.62. The Kier molecular flexibility index (Phi) is 3.46. The van der Waals surface area contributed by atoms with Crippen LogP contribution in [0.3, 0.4) is 0 Å². The largest absolute Gasteiger partial charge is 0.397 e. The predicted octanol–water partition coefficient (Wildman–Crippen LogP) is 2.31. The summed E-state index contributed by atoms with van der Waals surface area (Å²) in [5.74, 6) is 0. The van der Waals surface area contributed by atoms with Crippen LogP contribution >= 0.6 is 11.3 Å². The normalized spacial score (nSPS) is 10.9. The molecule has 5 nitrogen and oxygen atoms in total. The van der Waals surface area contributed by atoms with Gasteiger partial charge in [0.25, 0.3) is 10.0 Å².